The van der Waals surface area contributed by atoms with Gasteiger partial charge in [0.05, 0.1) is 5.56 Å². The minimum absolute atomic E-state index is 0.0150. The second-order valence-corrected chi connectivity index (χ2v) is 5.55. The first-order valence-electron chi connectivity index (χ1n) is 6.56. The van der Waals surface area contributed by atoms with Crippen molar-refractivity contribution in [1.29, 1.82) is 0 Å². The molecule has 1 fully saturated rings. The Hall–Kier alpha value is -1.23. The third-order valence-electron chi connectivity index (χ3n) is 3.62. The van der Waals surface area contributed by atoms with Crippen LogP contribution in [0.3, 0.4) is 0 Å². The maximum absolute atomic E-state index is 13.5. The lowest BCUT2D eigenvalue weighted by Crippen LogP contribution is -2.35. The van der Waals surface area contributed by atoms with E-state index in [1.54, 1.807) is 0 Å². The third-order valence-corrected chi connectivity index (χ3v) is 4.20. The fraction of sp³-hybridized carbons (Fsp3) is 0.500. The molecular formula is C14H15ClF3NO. The number of benzene rings is 1. The molecule has 1 amide bonds. The van der Waals surface area contributed by atoms with Gasteiger partial charge in [0.2, 0.25) is 0 Å². The molecule has 20 heavy (non-hydrogen) atoms. The summed E-state index contributed by atoms with van der Waals surface area (Å²) < 4.78 is 39.3. The van der Waals surface area contributed by atoms with Crippen molar-refractivity contribution in [3.63, 3.8) is 0 Å². The Bertz CT molecular complexity index is 509. The zero-order valence-electron chi connectivity index (χ0n) is 10.8. The number of carbonyl (C=O) groups excluding carboxylic acids is 1. The molecule has 2 unspecified atom stereocenters. The van der Waals surface area contributed by atoms with Crippen molar-refractivity contribution in [3.05, 3.63) is 35.1 Å². The van der Waals surface area contributed by atoms with Crippen LogP contribution >= 0.6 is 11.6 Å². The monoisotopic (exact) mass is 305 g/mol. The van der Waals surface area contributed by atoms with E-state index in [4.69, 9.17) is 11.6 Å². The molecule has 2 rings (SSSR count). The molecule has 1 aromatic rings. The molecule has 0 aliphatic heterocycles. The van der Waals surface area contributed by atoms with Crippen molar-refractivity contribution in [2.45, 2.75) is 31.1 Å². The number of hydrogen-bond acceptors (Lipinski definition) is 1. The predicted octanol–water partition coefficient (Wildman–Crippen LogP) is 3.63. The summed E-state index contributed by atoms with van der Waals surface area (Å²) in [5.74, 6) is -5.04. The highest BCUT2D eigenvalue weighted by Gasteiger charge is 2.25. The lowest BCUT2D eigenvalue weighted by atomic mass is 9.88. The Kier molecular flexibility index (Phi) is 4.91. The van der Waals surface area contributed by atoms with Crippen molar-refractivity contribution >= 4 is 17.5 Å². The lowest BCUT2D eigenvalue weighted by molar-refractivity contribution is 0.0938. The highest BCUT2D eigenvalue weighted by atomic mass is 35.5. The van der Waals surface area contributed by atoms with Gasteiger partial charge in [0.1, 0.15) is 0 Å². The second kappa shape index (κ2) is 6.48. The normalized spacial score (nSPS) is 22.6. The summed E-state index contributed by atoms with van der Waals surface area (Å²) in [6.07, 6.45) is 3.90. The van der Waals surface area contributed by atoms with Crippen LogP contribution in [-0.2, 0) is 0 Å². The smallest absolute Gasteiger partial charge is 0.254 e. The largest absolute Gasteiger partial charge is 0.352 e. The van der Waals surface area contributed by atoms with Crippen molar-refractivity contribution in [2.75, 3.05) is 6.54 Å². The Morgan fingerprint density at radius 1 is 1.20 bits per heavy atom. The average molecular weight is 306 g/mol. The molecule has 1 aromatic carbocycles. The van der Waals surface area contributed by atoms with Gasteiger partial charge in [0.25, 0.3) is 5.91 Å². The molecule has 0 radical (unpaired) electrons. The molecule has 110 valence electrons. The summed E-state index contributed by atoms with van der Waals surface area (Å²) in [6.45, 7) is 0.311. The van der Waals surface area contributed by atoms with Gasteiger partial charge in [-0.1, -0.05) is 12.8 Å². The molecule has 0 heterocycles. The highest BCUT2D eigenvalue weighted by molar-refractivity contribution is 6.20. The molecule has 0 bridgehead atoms. The summed E-state index contributed by atoms with van der Waals surface area (Å²) in [4.78, 5) is 11.8. The van der Waals surface area contributed by atoms with Gasteiger partial charge in [0, 0.05) is 11.9 Å². The molecule has 1 N–H and O–H groups in total. The molecule has 2 nitrogen and oxygen atoms in total. The number of rotatable bonds is 3. The van der Waals surface area contributed by atoms with Crippen molar-refractivity contribution in [1.82, 2.24) is 5.32 Å². The number of carbonyl (C=O) groups is 1. The molecule has 1 aliphatic carbocycles. The van der Waals surface area contributed by atoms with E-state index in [9.17, 15) is 18.0 Å². The maximum Gasteiger partial charge on any atom is 0.254 e. The zero-order chi connectivity index (χ0) is 14.7. The van der Waals surface area contributed by atoms with Gasteiger partial charge in [-0.15, -0.1) is 11.6 Å². The Morgan fingerprint density at radius 2 is 1.90 bits per heavy atom. The Balaban J connectivity index is 2.00. The van der Waals surface area contributed by atoms with E-state index in [1.807, 2.05) is 0 Å². The van der Waals surface area contributed by atoms with Crippen LogP contribution in [0.25, 0.3) is 0 Å². The highest BCUT2D eigenvalue weighted by Crippen LogP contribution is 2.28. The van der Waals surface area contributed by atoms with Crippen LogP contribution in [0.15, 0.2) is 12.1 Å². The van der Waals surface area contributed by atoms with Gasteiger partial charge < -0.3 is 5.32 Å². The molecule has 6 heteroatoms. The first kappa shape index (κ1) is 15.2. The van der Waals surface area contributed by atoms with Crippen LogP contribution in [0, 0.1) is 23.4 Å². The average Bonchev–Trinajstić information content (AvgIpc) is 2.44. The fourth-order valence-electron chi connectivity index (χ4n) is 2.41. The van der Waals surface area contributed by atoms with Gasteiger partial charge in [-0.25, -0.2) is 13.2 Å². The molecule has 0 spiro atoms. The topological polar surface area (TPSA) is 29.1 Å². The summed E-state index contributed by atoms with van der Waals surface area (Å²) in [5.41, 5.74) is -0.495. The fourth-order valence-corrected chi connectivity index (χ4v) is 2.78. The number of hydrogen-bond donors (Lipinski definition) is 1. The first-order valence-corrected chi connectivity index (χ1v) is 7.00. The van der Waals surface area contributed by atoms with Crippen LogP contribution in [0.5, 0.6) is 0 Å². The summed E-state index contributed by atoms with van der Waals surface area (Å²) in [6, 6.07) is 1.67. The van der Waals surface area contributed by atoms with Crippen LogP contribution in [-0.4, -0.2) is 17.8 Å². The Morgan fingerprint density at radius 3 is 2.60 bits per heavy atom. The van der Waals surface area contributed by atoms with Gasteiger partial charge in [0.15, 0.2) is 17.5 Å². The van der Waals surface area contributed by atoms with E-state index < -0.39 is 28.9 Å². The van der Waals surface area contributed by atoms with E-state index in [0.717, 1.165) is 37.8 Å². The standard InChI is InChI=1S/C14H15ClF3NO/c15-10-4-2-1-3-8(10)7-19-14(20)9-5-6-11(16)13(18)12(9)17/h5-6,8,10H,1-4,7H2,(H,19,20). The number of amides is 1. The number of alkyl halides is 1. The quantitative estimate of drug-likeness (QED) is 0.670. The summed E-state index contributed by atoms with van der Waals surface area (Å²) in [7, 11) is 0. The summed E-state index contributed by atoms with van der Waals surface area (Å²) in [5, 5.41) is 2.52. The Labute approximate surface area is 120 Å². The van der Waals surface area contributed by atoms with E-state index >= 15 is 0 Å². The van der Waals surface area contributed by atoms with E-state index in [0.29, 0.717) is 6.54 Å². The minimum Gasteiger partial charge on any atom is -0.352 e. The van der Waals surface area contributed by atoms with Gasteiger partial charge >= 0.3 is 0 Å². The third kappa shape index (κ3) is 3.26. The molecule has 0 saturated heterocycles. The maximum atomic E-state index is 13.5. The number of nitrogens with one attached hydrogen (secondary N) is 1. The molecule has 2 atom stereocenters. The van der Waals surface area contributed by atoms with Crippen molar-refractivity contribution in [2.24, 2.45) is 5.92 Å². The summed E-state index contributed by atoms with van der Waals surface area (Å²) >= 11 is 6.15. The SMILES string of the molecule is O=C(NCC1CCCCC1Cl)c1ccc(F)c(F)c1F. The number of halogens is 4. The predicted molar refractivity (Wildman–Crippen MR) is 70.2 cm³/mol. The van der Waals surface area contributed by atoms with Crippen LogP contribution in [0.4, 0.5) is 13.2 Å². The van der Waals surface area contributed by atoms with Crippen molar-refractivity contribution < 1.29 is 18.0 Å². The molecule has 1 aliphatic rings. The van der Waals surface area contributed by atoms with Crippen LogP contribution in [0.1, 0.15) is 36.0 Å². The lowest BCUT2D eigenvalue weighted by Gasteiger charge is -2.27. The zero-order valence-corrected chi connectivity index (χ0v) is 11.5. The molecular weight excluding hydrogens is 291 g/mol. The van der Waals surface area contributed by atoms with Crippen LogP contribution in [0.2, 0.25) is 0 Å². The van der Waals surface area contributed by atoms with Gasteiger partial charge in [-0.3, -0.25) is 4.79 Å². The molecule has 0 aromatic heterocycles. The second-order valence-electron chi connectivity index (χ2n) is 4.99. The van der Waals surface area contributed by atoms with Crippen LogP contribution < -0.4 is 5.32 Å². The van der Waals surface area contributed by atoms with E-state index in [1.165, 1.54) is 0 Å². The van der Waals surface area contributed by atoms with E-state index in [-0.39, 0.29) is 11.3 Å². The van der Waals surface area contributed by atoms with Crippen molar-refractivity contribution in [3.8, 4) is 0 Å². The van der Waals surface area contributed by atoms with Gasteiger partial charge in [-0.05, 0) is 30.9 Å². The minimum atomic E-state index is -1.63. The van der Waals surface area contributed by atoms with Gasteiger partial charge in [-0.2, -0.15) is 0 Å². The van der Waals surface area contributed by atoms with E-state index in [2.05, 4.69) is 5.32 Å². The first-order chi connectivity index (χ1) is 9.50. The molecule has 1 saturated carbocycles.